The van der Waals surface area contributed by atoms with Crippen LogP contribution in [0.3, 0.4) is 0 Å². The van der Waals surface area contributed by atoms with Gasteiger partial charge in [-0.3, -0.25) is 9.59 Å². The van der Waals surface area contributed by atoms with Crippen molar-refractivity contribution in [3.63, 3.8) is 0 Å². The first kappa shape index (κ1) is 11.7. The van der Waals surface area contributed by atoms with Crippen LogP contribution in [-0.4, -0.2) is 10.9 Å². The van der Waals surface area contributed by atoms with Crippen LogP contribution in [0.15, 0.2) is 47.4 Å². The van der Waals surface area contributed by atoms with Gasteiger partial charge in [0.2, 0.25) is 0 Å². The second-order valence-corrected chi connectivity index (χ2v) is 4.68. The Bertz CT molecular complexity index is 676. The molecule has 1 unspecified atom stereocenters. The Hall–Kier alpha value is -2.36. The summed E-state index contributed by atoms with van der Waals surface area (Å²) in [7, 11) is 0. The summed E-state index contributed by atoms with van der Waals surface area (Å²) < 4.78 is 0. The molecule has 1 heterocycles. The second kappa shape index (κ2) is 4.72. The van der Waals surface area contributed by atoms with Gasteiger partial charge in [-0.05, 0) is 36.1 Å². The predicted octanol–water partition coefficient (Wildman–Crippen LogP) is 1.79. The SMILES string of the molecule is O=C(NC1CCc2ccccc21)c1ccc[nH]c1=O. The number of H-pyrrole nitrogens is 1. The van der Waals surface area contributed by atoms with Crippen LogP contribution in [0.25, 0.3) is 0 Å². The maximum atomic E-state index is 12.1. The highest BCUT2D eigenvalue weighted by Gasteiger charge is 2.24. The van der Waals surface area contributed by atoms with E-state index in [0.717, 1.165) is 18.4 Å². The number of pyridine rings is 1. The van der Waals surface area contributed by atoms with Gasteiger partial charge in [0.25, 0.3) is 11.5 Å². The van der Waals surface area contributed by atoms with Gasteiger partial charge >= 0.3 is 0 Å². The lowest BCUT2D eigenvalue weighted by Crippen LogP contribution is -2.31. The highest BCUT2D eigenvalue weighted by atomic mass is 16.2. The maximum absolute atomic E-state index is 12.1. The minimum atomic E-state index is -0.355. The Morgan fingerprint density at radius 1 is 1.21 bits per heavy atom. The van der Waals surface area contributed by atoms with E-state index in [-0.39, 0.29) is 23.1 Å². The minimum absolute atomic E-state index is 0.00306. The van der Waals surface area contributed by atoms with Crippen molar-refractivity contribution in [1.29, 1.82) is 0 Å². The Balaban J connectivity index is 1.82. The van der Waals surface area contributed by atoms with Crippen molar-refractivity contribution < 1.29 is 4.79 Å². The molecule has 0 fully saturated rings. The molecule has 1 aliphatic carbocycles. The number of hydrogen-bond donors (Lipinski definition) is 2. The number of fused-ring (bicyclic) bond motifs is 1. The van der Waals surface area contributed by atoms with Gasteiger partial charge in [0, 0.05) is 6.20 Å². The molecule has 1 amide bonds. The average Bonchev–Trinajstić information content (AvgIpc) is 2.83. The first-order valence-corrected chi connectivity index (χ1v) is 6.32. The highest BCUT2D eigenvalue weighted by Crippen LogP contribution is 2.30. The van der Waals surface area contributed by atoms with Crippen LogP contribution < -0.4 is 10.9 Å². The molecule has 0 saturated heterocycles. The normalized spacial score (nSPS) is 16.9. The molecule has 0 saturated carbocycles. The summed E-state index contributed by atoms with van der Waals surface area (Å²) in [6, 6.07) is 11.3. The summed E-state index contributed by atoms with van der Waals surface area (Å²) in [6.07, 6.45) is 3.37. The van der Waals surface area contributed by atoms with Crippen LogP contribution in [0.4, 0.5) is 0 Å². The summed E-state index contributed by atoms with van der Waals surface area (Å²) >= 11 is 0. The molecule has 1 aromatic heterocycles. The molecule has 3 rings (SSSR count). The summed E-state index contributed by atoms with van der Waals surface area (Å²) in [5.74, 6) is -0.316. The van der Waals surface area contributed by atoms with Crippen molar-refractivity contribution in [2.75, 3.05) is 0 Å². The molecule has 1 atom stereocenters. The molecule has 1 aliphatic rings. The third kappa shape index (κ3) is 2.17. The third-order valence-corrected chi connectivity index (χ3v) is 3.50. The van der Waals surface area contributed by atoms with E-state index in [1.807, 2.05) is 18.2 Å². The topological polar surface area (TPSA) is 62.0 Å². The minimum Gasteiger partial charge on any atom is -0.345 e. The van der Waals surface area contributed by atoms with Crippen LogP contribution >= 0.6 is 0 Å². The van der Waals surface area contributed by atoms with Gasteiger partial charge in [0.05, 0.1) is 6.04 Å². The fraction of sp³-hybridized carbons (Fsp3) is 0.200. The van der Waals surface area contributed by atoms with Crippen LogP contribution in [0.1, 0.15) is 33.9 Å². The number of carbonyl (C=O) groups is 1. The van der Waals surface area contributed by atoms with E-state index in [1.165, 1.54) is 17.8 Å². The Morgan fingerprint density at radius 2 is 2.05 bits per heavy atom. The largest absolute Gasteiger partial charge is 0.345 e. The fourth-order valence-electron chi connectivity index (χ4n) is 2.54. The smallest absolute Gasteiger partial charge is 0.260 e. The van der Waals surface area contributed by atoms with Crippen molar-refractivity contribution in [3.05, 3.63) is 69.6 Å². The van der Waals surface area contributed by atoms with Gasteiger partial charge in [-0.2, -0.15) is 0 Å². The number of amides is 1. The Labute approximate surface area is 110 Å². The molecule has 4 nitrogen and oxygen atoms in total. The van der Waals surface area contributed by atoms with Gasteiger partial charge in [0.1, 0.15) is 5.56 Å². The molecule has 0 radical (unpaired) electrons. The molecule has 1 aromatic carbocycles. The molecule has 19 heavy (non-hydrogen) atoms. The van der Waals surface area contributed by atoms with Gasteiger partial charge in [0.15, 0.2) is 0 Å². The molecular formula is C15H14N2O2. The van der Waals surface area contributed by atoms with Gasteiger partial charge in [-0.15, -0.1) is 0 Å². The predicted molar refractivity (Wildman–Crippen MR) is 72.0 cm³/mol. The number of benzene rings is 1. The average molecular weight is 254 g/mol. The van der Waals surface area contributed by atoms with Crippen LogP contribution in [0.2, 0.25) is 0 Å². The van der Waals surface area contributed by atoms with E-state index in [2.05, 4.69) is 16.4 Å². The molecule has 0 spiro atoms. The van der Waals surface area contributed by atoms with Crippen molar-refractivity contribution in [2.45, 2.75) is 18.9 Å². The molecular weight excluding hydrogens is 240 g/mol. The summed E-state index contributed by atoms with van der Waals surface area (Å²) in [4.78, 5) is 26.2. The number of aromatic amines is 1. The van der Waals surface area contributed by atoms with Crippen molar-refractivity contribution in [2.24, 2.45) is 0 Å². The standard InChI is InChI=1S/C15H14N2O2/c18-14-12(6-3-9-16-14)15(19)17-13-8-7-10-4-1-2-5-11(10)13/h1-6,9,13H,7-8H2,(H,16,18)(H,17,19). The number of rotatable bonds is 2. The molecule has 4 heteroatoms. The first-order valence-electron chi connectivity index (χ1n) is 6.32. The van der Waals surface area contributed by atoms with Gasteiger partial charge in [-0.1, -0.05) is 24.3 Å². The van der Waals surface area contributed by atoms with Gasteiger partial charge in [-0.25, -0.2) is 0 Å². The molecule has 2 aromatic rings. The van der Waals surface area contributed by atoms with Crippen molar-refractivity contribution >= 4 is 5.91 Å². The molecule has 0 aliphatic heterocycles. The fourth-order valence-corrected chi connectivity index (χ4v) is 2.54. The zero-order valence-electron chi connectivity index (χ0n) is 10.3. The zero-order chi connectivity index (χ0) is 13.2. The van der Waals surface area contributed by atoms with Crippen LogP contribution in [-0.2, 0) is 6.42 Å². The number of aromatic nitrogens is 1. The Morgan fingerprint density at radius 3 is 2.89 bits per heavy atom. The van der Waals surface area contributed by atoms with Crippen molar-refractivity contribution in [1.82, 2.24) is 10.3 Å². The van der Waals surface area contributed by atoms with E-state index < -0.39 is 0 Å². The highest BCUT2D eigenvalue weighted by molar-refractivity contribution is 5.94. The quantitative estimate of drug-likeness (QED) is 0.858. The van der Waals surface area contributed by atoms with Crippen LogP contribution in [0, 0.1) is 0 Å². The van der Waals surface area contributed by atoms with E-state index in [1.54, 1.807) is 6.07 Å². The van der Waals surface area contributed by atoms with E-state index in [4.69, 9.17) is 0 Å². The zero-order valence-corrected chi connectivity index (χ0v) is 10.3. The first-order chi connectivity index (χ1) is 9.25. The maximum Gasteiger partial charge on any atom is 0.260 e. The number of nitrogens with one attached hydrogen (secondary N) is 2. The van der Waals surface area contributed by atoms with Crippen LogP contribution in [0.5, 0.6) is 0 Å². The lowest BCUT2D eigenvalue weighted by atomic mass is 10.1. The molecule has 2 N–H and O–H groups in total. The third-order valence-electron chi connectivity index (χ3n) is 3.50. The lowest BCUT2D eigenvalue weighted by Gasteiger charge is -2.13. The number of aryl methyl sites for hydroxylation is 1. The summed E-state index contributed by atoms with van der Waals surface area (Å²) in [5.41, 5.74) is 2.23. The van der Waals surface area contributed by atoms with E-state index >= 15 is 0 Å². The summed E-state index contributed by atoms with van der Waals surface area (Å²) in [5, 5.41) is 2.93. The van der Waals surface area contributed by atoms with Crippen molar-refractivity contribution in [3.8, 4) is 0 Å². The second-order valence-electron chi connectivity index (χ2n) is 4.68. The van der Waals surface area contributed by atoms with Gasteiger partial charge < -0.3 is 10.3 Å². The number of hydrogen-bond acceptors (Lipinski definition) is 2. The van der Waals surface area contributed by atoms with E-state index in [9.17, 15) is 9.59 Å². The molecule has 96 valence electrons. The molecule has 0 bridgehead atoms. The lowest BCUT2D eigenvalue weighted by molar-refractivity contribution is 0.0935. The van der Waals surface area contributed by atoms with E-state index in [0.29, 0.717) is 0 Å². The summed E-state index contributed by atoms with van der Waals surface area (Å²) in [6.45, 7) is 0. The monoisotopic (exact) mass is 254 g/mol. The Kier molecular flexibility index (Phi) is 2.91. The number of carbonyl (C=O) groups excluding carboxylic acids is 1.